The molecular weight excluding hydrogens is 202 g/mol. The van der Waals surface area contributed by atoms with Gasteiger partial charge in [0.1, 0.15) is 5.82 Å². The number of hydrogen-bond donors (Lipinski definition) is 2. The minimum absolute atomic E-state index is 0.0855. The smallest absolute Gasteiger partial charge is 0.147 e. The fourth-order valence-electron chi connectivity index (χ4n) is 1.99. The second kappa shape index (κ2) is 3.70. The van der Waals surface area contributed by atoms with E-state index in [0.29, 0.717) is 0 Å². The van der Waals surface area contributed by atoms with Crippen LogP contribution in [0.1, 0.15) is 31.7 Å². The summed E-state index contributed by atoms with van der Waals surface area (Å²) >= 11 is 0. The normalized spacial score (nSPS) is 27.3. The summed E-state index contributed by atoms with van der Waals surface area (Å²) < 4.78 is 0. The first kappa shape index (κ1) is 11.3. The van der Waals surface area contributed by atoms with Gasteiger partial charge in [-0.05, 0) is 20.3 Å². The lowest BCUT2D eigenvalue weighted by atomic mass is 9.64. The lowest BCUT2D eigenvalue weighted by Crippen LogP contribution is -2.57. The van der Waals surface area contributed by atoms with Crippen molar-refractivity contribution in [2.75, 3.05) is 5.32 Å². The number of hydrogen-bond acceptors (Lipinski definition) is 4. The summed E-state index contributed by atoms with van der Waals surface area (Å²) in [4.78, 5) is 8.70. The number of aromatic nitrogens is 2. The van der Waals surface area contributed by atoms with Crippen LogP contribution in [0.5, 0.6) is 0 Å². The highest BCUT2D eigenvalue weighted by Gasteiger charge is 2.47. The van der Waals surface area contributed by atoms with Crippen molar-refractivity contribution in [2.45, 2.75) is 46.3 Å². The second-order valence-corrected chi connectivity index (χ2v) is 5.22. The number of aryl methyl sites for hydroxylation is 2. The molecule has 0 spiro atoms. The van der Waals surface area contributed by atoms with Gasteiger partial charge >= 0.3 is 0 Å². The zero-order valence-corrected chi connectivity index (χ0v) is 10.3. The van der Waals surface area contributed by atoms with Crippen molar-refractivity contribution in [3.05, 3.63) is 17.6 Å². The minimum atomic E-state index is -0.219. The number of nitrogens with one attached hydrogen (secondary N) is 1. The Morgan fingerprint density at radius 2 is 2.12 bits per heavy atom. The third kappa shape index (κ3) is 1.78. The number of aliphatic hydroxyl groups is 1. The van der Waals surface area contributed by atoms with E-state index in [1.165, 1.54) is 0 Å². The molecule has 1 saturated carbocycles. The maximum Gasteiger partial charge on any atom is 0.147 e. The van der Waals surface area contributed by atoms with Gasteiger partial charge in [0.05, 0.1) is 17.5 Å². The summed E-state index contributed by atoms with van der Waals surface area (Å²) in [7, 11) is 0. The molecule has 0 aromatic carbocycles. The van der Waals surface area contributed by atoms with Gasteiger partial charge in [-0.3, -0.25) is 4.98 Å². The highest BCUT2D eigenvalue weighted by atomic mass is 16.3. The van der Waals surface area contributed by atoms with Crippen molar-refractivity contribution >= 4 is 5.82 Å². The Bertz CT molecular complexity index is 403. The summed E-state index contributed by atoms with van der Waals surface area (Å²) in [6.07, 6.45) is 2.33. The van der Waals surface area contributed by atoms with Crippen LogP contribution in [0.3, 0.4) is 0 Å². The van der Waals surface area contributed by atoms with Crippen LogP contribution in [0.15, 0.2) is 6.20 Å². The molecule has 1 aromatic heterocycles. The van der Waals surface area contributed by atoms with Crippen molar-refractivity contribution in [3.63, 3.8) is 0 Å². The molecule has 1 heterocycles. The molecule has 2 rings (SSSR count). The van der Waals surface area contributed by atoms with E-state index in [2.05, 4.69) is 29.1 Å². The molecule has 1 aliphatic carbocycles. The highest BCUT2D eigenvalue weighted by Crippen LogP contribution is 2.42. The van der Waals surface area contributed by atoms with Crippen molar-refractivity contribution in [1.29, 1.82) is 0 Å². The Morgan fingerprint density at radius 1 is 1.44 bits per heavy atom. The van der Waals surface area contributed by atoms with Gasteiger partial charge in [-0.15, -0.1) is 0 Å². The molecular formula is C12H19N3O. The number of rotatable bonds is 2. The standard InChI is InChI=1S/C12H19N3O/c1-7-6-13-8(2)11(14-7)15-9-5-10(16)12(9,3)4/h6,9-10,16H,5H2,1-4H3,(H,14,15). The fourth-order valence-corrected chi connectivity index (χ4v) is 1.99. The molecule has 4 nitrogen and oxygen atoms in total. The van der Waals surface area contributed by atoms with Gasteiger partial charge in [-0.2, -0.15) is 0 Å². The molecule has 1 aromatic rings. The largest absolute Gasteiger partial charge is 0.392 e. The van der Waals surface area contributed by atoms with Gasteiger partial charge in [0, 0.05) is 17.7 Å². The van der Waals surface area contributed by atoms with E-state index in [9.17, 15) is 5.11 Å². The second-order valence-electron chi connectivity index (χ2n) is 5.22. The summed E-state index contributed by atoms with van der Waals surface area (Å²) in [5, 5.41) is 13.0. The van der Waals surface area contributed by atoms with Gasteiger partial charge in [-0.1, -0.05) is 13.8 Å². The quantitative estimate of drug-likeness (QED) is 0.797. The van der Waals surface area contributed by atoms with Crippen LogP contribution >= 0.6 is 0 Å². The maximum absolute atomic E-state index is 9.67. The van der Waals surface area contributed by atoms with E-state index >= 15 is 0 Å². The monoisotopic (exact) mass is 221 g/mol. The summed E-state index contributed by atoms with van der Waals surface area (Å²) in [5.41, 5.74) is 1.73. The number of aliphatic hydroxyl groups excluding tert-OH is 1. The van der Waals surface area contributed by atoms with E-state index in [0.717, 1.165) is 23.6 Å². The zero-order valence-electron chi connectivity index (χ0n) is 10.3. The summed E-state index contributed by atoms with van der Waals surface area (Å²) in [5.74, 6) is 0.838. The van der Waals surface area contributed by atoms with Gasteiger partial charge in [-0.25, -0.2) is 4.98 Å². The molecule has 0 saturated heterocycles. The Labute approximate surface area is 96.1 Å². The van der Waals surface area contributed by atoms with Crippen LogP contribution in [-0.4, -0.2) is 27.2 Å². The first-order chi connectivity index (χ1) is 7.41. The third-order valence-electron chi connectivity index (χ3n) is 3.60. The molecule has 1 aliphatic rings. The molecule has 88 valence electrons. The average molecular weight is 221 g/mol. The molecule has 2 atom stereocenters. The van der Waals surface area contributed by atoms with E-state index in [1.807, 2.05) is 13.8 Å². The van der Waals surface area contributed by atoms with Crippen LogP contribution in [0.25, 0.3) is 0 Å². The topological polar surface area (TPSA) is 58.0 Å². The van der Waals surface area contributed by atoms with E-state index in [1.54, 1.807) is 6.20 Å². The zero-order chi connectivity index (χ0) is 11.9. The minimum Gasteiger partial charge on any atom is -0.392 e. The van der Waals surface area contributed by atoms with Crippen molar-refractivity contribution in [1.82, 2.24) is 9.97 Å². The molecule has 0 amide bonds. The van der Waals surface area contributed by atoms with Crippen molar-refractivity contribution in [2.24, 2.45) is 5.41 Å². The Balaban J connectivity index is 2.13. The predicted octanol–water partition coefficient (Wildman–Crippen LogP) is 1.66. The molecule has 0 radical (unpaired) electrons. The Morgan fingerprint density at radius 3 is 2.69 bits per heavy atom. The van der Waals surface area contributed by atoms with Crippen LogP contribution in [-0.2, 0) is 0 Å². The molecule has 0 bridgehead atoms. The summed E-state index contributed by atoms with van der Waals surface area (Å²) in [6, 6.07) is 0.275. The first-order valence-electron chi connectivity index (χ1n) is 5.66. The Hall–Kier alpha value is -1.16. The number of nitrogens with zero attached hydrogens (tertiary/aromatic N) is 2. The van der Waals surface area contributed by atoms with Gasteiger partial charge in [0.25, 0.3) is 0 Å². The van der Waals surface area contributed by atoms with Crippen molar-refractivity contribution in [3.8, 4) is 0 Å². The highest BCUT2D eigenvalue weighted by molar-refractivity contribution is 5.42. The van der Waals surface area contributed by atoms with Gasteiger partial charge in [0.2, 0.25) is 0 Å². The van der Waals surface area contributed by atoms with E-state index in [-0.39, 0.29) is 17.6 Å². The molecule has 1 fully saturated rings. The van der Waals surface area contributed by atoms with Crippen LogP contribution in [0.2, 0.25) is 0 Å². The summed E-state index contributed by atoms with van der Waals surface area (Å²) in [6.45, 7) is 8.00. The van der Waals surface area contributed by atoms with E-state index in [4.69, 9.17) is 0 Å². The molecule has 2 unspecified atom stereocenters. The Kier molecular flexibility index (Phi) is 2.62. The van der Waals surface area contributed by atoms with Crippen LogP contribution in [0, 0.1) is 19.3 Å². The SMILES string of the molecule is Cc1cnc(C)c(NC2CC(O)C2(C)C)n1. The fraction of sp³-hybridized carbons (Fsp3) is 0.667. The molecule has 16 heavy (non-hydrogen) atoms. The number of anilines is 1. The first-order valence-corrected chi connectivity index (χ1v) is 5.66. The van der Waals surface area contributed by atoms with Crippen LogP contribution in [0.4, 0.5) is 5.82 Å². The lowest BCUT2D eigenvalue weighted by molar-refractivity contribution is -0.0511. The molecule has 4 heteroatoms. The van der Waals surface area contributed by atoms with Gasteiger partial charge in [0.15, 0.2) is 0 Å². The van der Waals surface area contributed by atoms with Gasteiger partial charge < -0.3 is 10.4 Å². The van der Waals surface area contributed by atoms with Crippen LogP contribution < -0.4 is 5.32 Å². The predicted molar refractivity (Wildman–Crippen MR) is 63.3 cm³/mol. The lowest BCUT2D eigenvalue weighted by Gasteiger charge is -2.49. The van der Waals surface area contributed by atoms with E-state index < -0.39 is 0 Å². The average Bonchev–Trinajstić information content (AvgIpc) is 2.23. The molecule has 0 aliphatic heterocycles. The molecule has 2 N–H and O–H groups in total. The maximum atomic E-state index is 9.67. The van der Waals surface area contributed by atoms with Crippen molar-refractivity contribution < 1.29 is 5.11 Å². The third-order valence-corrected chi connectivity index (χ3v) is 3.60.